The number of anilines is 1. The zero-order valence-electron chi connectivity index (χ0n) is 13.5. The highest BCUT2D eigenvalue weighted by Crippen LogP contribution is 2.19. The molecule has 0 aliphatic carbocycles. The number of carbonyl (C=O) groups is 2. The molecule has 0 unspecified atom stereocenters. The number of thioether (sulfide) groups is 1. The van der Waals surface area contributed by atoms with E-state index in [-0.39, 0.29) is 30.4 Å². The Labute approximate surface area is 155 Å². The third kappa shape index (κ3) is 6.40. The number of hydrogen-bond donors (Lipinski definition) is 1. The summed E-state index contributed by atoms with van der Waals surface area (Å²) in [6.07, 6.45) is 0.0466. The molecule has 0 saturated heterocycles. The number of nitrogens with zero attached hydrogens (tertiary/aromatic N) is 1. The lowest BCUT2D eigenvalue weighted by atomic mass is 10.2. The summed E-state index contributed by atoms with van der Waals surface area (Å²) < 4.78 is 13.1. The minimum Gasteiger partial charge on any atom is -0.370 e. The molecule has 0 aromatic heterocycles. The van der Waals surface area contributed by atoms with Crippen molar-refractivity contribution in [2.45, 2.75) is 12.2 Å². The lowest BCUT2D eigenvalue weighted by Gasteiger charge is -2.22. The van der Waals surface area contributed by atoms with Crippen LogP contribution in [0.1, 0.15) is 12.0 Å². The summed E-state index contributed by atoms with van der Waals surface area (Å²) in [6.45, 7) is 0.168. The molecule has 0 atom stereocenters. The van der Waals surface area contributed by atoms with Crippen LogP contribution in [0.4, 0.5) is 10.1 Å². The molecule has 2 amide bonds. The highest BCUT2D eigenvalue weighted by Gasteiger charge is 2.16. The minimum absolute atomic E-state index is 0.0466. The van der Waals surface area contributed by atoms with E-state index in [0.29, 0.717) is 16.5 Å². The maximum absolute atomic E-state index is 13.1. The molecule has 0 fully saturated rings. The molecular formula is C18H18ClFN2O2S. The Morgan fingerprint density at radius 3 is 2.32 bits per heavy atom. The Morgan fingerprint density at radius 2 is 1.72 bits per heavy atom. The predicted molar refractivity (Wildman–Crippen MR) is 100 cm³/mol. The molecule has 0 radical (unpaired) electrons. The third-order valence-electron chi connectivity index (χ3n) is 3.43. The van der Waals surface area contributed by atoms with Crippen molar-refractivity contribution in [1.82, 2.24) is 0 Å². The SMILES string of the molecule is NC(=O)CCN(C(=O)CSCc1ccc(Cl)cc1)c1ccc(F)cc1. The molecule has 2 N–H and O–H groups in total. The molecule has 0 aliphatic heterocycles. The lowest BCUT2D eigenvalue weighted by Crippen LogP contribution is -2.35. The zero-order valence-corrected chi connectivity index (χ0v) is 15.0. The molecule has 0 saturated carbocycles. The number of rotatable bonds is 8. The molecule has 7 heteroatoms. The van der Waals surface area contributed by atoms with Crippen molar-refractivity contribution < 1.29 is 14.0 Å². The molecular weight excluding hydrogens is 363 g/mol. The Hall–Kier alpha value is -2.05. The first-order chi connectivity index (χ1) is 12.0. The van der Waals surface area contributed by atoms with E-state index in [9.17, 15) is 14.0 Å². The second-order valence-corrected chi connectivity index (χ2v) is 6.78. The molecule has 0 aliphatic rings. The van der Waals surface area contributed by atoms with E-state index in [1.807, 2.05) is 12.1 Å². The molecule has 2 aromatic carbocycles. The monoisotopic (exact) mass is 380 g/mol. The molecule has 0 spiro atoms. The van der Waals surface area contributed by atoms with Crippen LogP contribution in [0.2, 0.25) is 5.02 Å². The third-order valence-corrected chi connectivity index (χ3v) is 4.67. The second-order valence-electron chi connectivity index (χ2n) is 5.36. The van der Waals surface area contributed by atoms with Gasteiger partial charge in [-0.05, 0) is 42.0 Å². The number of amides is 2. The summed E-state index contributed by atoms with van der Waals surface area (Å²) in [5.41, 5.74) is 6.78. The number of halogens is 2. The quantitative estimate of drug-likeness (QED) is 0.760. The maximum Gasteiger partial charge on any atom is 0.236 e. The van der Waals surface area contributed by atoms with Gasteiger partial charge in [-0.2, -0.15) is 0 Å². The summed E-state index contributed by atoms with van der Waals surface area (Å²) >= 11 is 7.30. The largest absolute Gasteiger partial charge is 0.370 e. The fraction of sp³-hybridized carbons (Fsp3) is 0.222. The average molecular weight is 381 g/mol. The first kappa shape index (κ1) is 19.3. The molecule has 132 valence electrons. The van der Waals surface area contributed by atoms with E-state index in [4.69, 9.17) is 17.3 Å². The van der Waals surface area contributed by atoms with Crippen LogP contribution < -0.4 is 10.6 Å². The normalized spacial score (nSPS) is 10.5. The van der Waals surface area contributed by atoms with Gasteiger partial charge in [-0.1, -0.05) is 23.7 Å². The Bertz CT molecular complexity index is 723. The highest BCUT2D eigenvalue weighted by molar-refractivity contribution is 7.99. The first-order valence-electron chi connectivity index (χ1n) is 7.62. The predicted octanol–water partition coefficient (Wildman–Crippen LogP) is 3.62. The second kappa shape index (κ2) is 9.44. The topological polar surface area (TPSA) is 63.4 Å². The van der Waals surface area contributed by atoms with E-state index in [0.717, 1.165) is 5.56 Å². The van der Waals surface area contributed by atoms with Gasteiger partial charge in [-0.15, -0.1) is 11.8 Å². The van der Waals surface area contributed by atoms with Gasteiger partial charge in [0.2, 0.25) is 11.8 Å². The van der Waals surface area contributed by atoms with Crippen molar-refractivity contribution >= 4 is 40.9 Å². The van der Waals surface area contributed by atoms with E-state index in [1.54, 1.807) is 12.1 Å². The lowest BCUT2D eigenvalue weighted by molar-refractivity contribution is -0.118. The smallest absolute Gasteiger partial charge is 0.236 e. The number of carbonyl (C=O) groups excluding carboxylic acids is 2. The number of primary amides is 1. The summed E-state index contributed by atoms with van der Waals surface area (Å²) in [5, 5.41) is 0.666. The van der Waals surface area contributed by atoms with Crippen molar-refractivity contribution in [3.63, 3.8) is 0 Å². The number of hydrogen-bond acceptors (Lipinski definition) is 3. The van der Waals surface area contributed by atoms with Crippen LogP contribution in [0.25, 0.3) is 0 Å². The van der Waals surface area contributed by atoms with Crippen molar-refractivity contribution in [2.75, 3.05) is 17.2 Å². The number of benzene rings is 2. The maximum atomic E-state index is 13.1. The van der Waals surface area contributed by atoms with Gasteiger partial charge in [-0.25, -0.2) is 4.39 Å². The Kier molecular flexibility index (Phi) is 7.28. The summed E-state index contributed by atoms with van der Waals surface area (Å²) in [4.78, 5) is 25.0. The van der Waals surface area contributed by atoms with Crippen LogP contribution in [0.3, 0.4) is 0 Å². The van der Waals surface area contributed by atoms with Crippen LogP contribution in [-0.2, 0) is 15.3 Å². The van der Waals surface area contributed by atoms with Gasteiger partial charge in [0.15, 0.2) is 0 Å². The van der Waals surface area contributed by atoms with E-state index in [1.165, 1.54) is 40.9 Å². The molecule has 0 heterocycles. The summed E-state index contributed by atoms with van der Waals surface area (Å²) in [7, 11) is 0. The fourth-order valence-electron chi connectivity index (χ4n) is 2.16. The average Bonchev–Trinajstić information content (AvgIpc) is 2.58. The van der Waals surface area contributed by atoms with Gasteiger partial charge in [0, 0.05) is 29.4 Å². The summed E-state index contributed by atoms with van der Waals surface area (Å²) in [6, 6.07) is 13.0. The highest BCUT2D eigenvalue weighted by atomic mass is 35.5. The first-order valence-corrected chi connectivity index (χ1v) is 9.15. The standard InChI is InChI=1S/C18H18ClFN2O2S/c19-14-3-1-13(2-4-14)11-25-12-18(24)22(10-9-17(21)23)16-7-5-15(20)6-8-16/h1-8H,9-12H2,(H2,21,23). The van der Waals surface area contributed by atoms with Crippen LogP contribution in [-0.4, -0.2) is 24.1 Å². The van der Waals surface area contributed by atoms with Gasteiger partial charge in [-0.3, -0.25) is 9.59 Å². The molecule has 2 rings (SSSR count). The Morgan fingerprint density at radius 1 is 1.08 bits per heavy atom. The van der Waals surface area contributed by atoms with Crippen LogP contribution in [0.5, 0.6) is 0 Å². The van der Waals surface area contributed by atoms with E-state index in [2.05, 4.69) is 0 Å². The van der Waals surface area contributed by atoms with Gasteiger partial charge >= 0.3 is 0 Å². The van der Waals surface area contributed by atoms with Crippen LogP contribution >= 0.6 is 23.4 Å². The van der Waals surface area contributed by atoms with Crippen LogP contribution in [0, 0.1) is 5.82 Å². The van der Waals surface area contributed by atoms with Crippen molar-refractivity contribution in [3.8, 4) is 0 Å². The fourth-order valence-corrected chi connectivity index (χ4v) is 3.14. The van der Waals surface area contributed by atoms with Crippen LogP contribution in [0.15, 0.2) is 48.5 Å². The molecule has 0 bridgehead atoms. The molecule has 25 heavy (non-hydrogen) atoms. The van der Waals surface area contributed by atoms with Gasteiger partial charge in [0.1, 0.15) is 5.82 Å². The Balaban J connectivity index is 1.97. The number of nitrogens with two attached hydrogens (primary N) is 1. The van der Waals surface area contributed by atoms with E-state index < -0.39 is 5.91 Å². The summed E-state index contributed by atoms with van der Waals surface area (Å²) in [5.74, 6) is -0.141. The van der Waals surface area contributed by atoms with Crippen molar-refractivity contribution in [3.05, 3.63) is 64.9 Å². The minimum atomic E-state index is -0.492. The van der Waals surface area contributed by atoms with Gasteiger partial charge < -0.3 is 10.6 Å². The van der Waals surface area contributed by atoms with Gasteiger partial charge in [0.25, 0.3) is 0 Å². The molecule has 4 nitrogen and oxygen atoms in total. The van der Waals surface area contributed by atoms with Crippen molar-refractivity contribution in [1.29, 1.82) is 0 Å². The van der Waals surface area contributed by atoms with Crippen molar-refractivity contribution in [2.24, 2.45) is 5.73 Å². The van der Waals surface area contributed by atoms with E-state index >= 15 is 0 Å². The zero-order chi connectivity index (χ0) is 18.2. The molecule has 2 aromatic rings. The van der Waals surface area contributed by atoms with Gasteiger partial charge in [0.05, 0.1) is 5.75 Å².